The minimum Gasteiger partial charge on any atom is -0.495 e. The Hall–Kier alpha value is -1.60. The van der Waals surface area contributed by atoms with Crippen molar-refractivity contribution in [1.29, 1.82) is 0 Å². The number of sulfonamides is 1. The number of likely N-dealkylation sites (tertiary alicyclic amines) is 1. The van der Waals surface area contributed by atoms with E-state index in [4.69, 9.17) is 4.74 Å². The Balaban J connectivity index is 2.28. The first-order chi connectivity index (χ1) is 10.9. The smallest absolute Gasteiger partial charge is 0.247 e. The molecule has 0 unspecified atom stereocenters. The largest absolute Gasteiger partial charge is 0.495 e. The van der Waals surface area contributed by atoms with E-state index in [0.717, 1.165) is 18.4 Å². The molecular formula is C16H24N2O4S. The predicted octanol–water partition coefficient (Wildman–Crippen LogP) is 1.64. The second kappa shape index (κ2) is 7.31. The van der Waals surface area contributed by atoms with E-state index in [0.29, 0.717) is 18.8 Å². The molecule has 0 bridgehead atoms. The molecular weight excluding hydrogens is 316 g/mol. The first-order valence-electron chi connectivity index (χ1n) is 7.82. The summed E-state index contributed by atoms with van der Waals surface area (Å²) in [6, 6.07) is 5.01. The van der Waals surface area contributed by atoms with Gasteiger partial charge in [0.1, 0.15) is 10.6 Å². The van der Waals surface area contributed by atoms with Crippen LogP contribution in [0.4, 0.5) is 0 Å². The van der Waals surface area contributed by atoms with E-state index in [1.54, 1.807) is 30.0 Å². The maximum atomic E-state index is 12.9. The van der Waals surface area contributed by atoms with Gasteiger partial charge in [-0.25, -0.2) is 8.42 Å². The lowest BCUT2D eigenvalue weighted by Gasteiger charge is -2.24. The second-order valence-corrected chi connectivity index (χ2v) is 7.58. The number of methoxy groups -OCH3 is 1. The van der Waals surface area contributed by atoms with Gasteiger partial charge in [-0.1, -0.05) is 13.0 Å². The number of ether oxygens (including phenoxy) is 1. The quantitative estimate of drug-likeness (QED) is 0.789. The van der Waals surface area contributed by atoms with E-state index in [1.807, 2.05) is 6.92 Å². The van der Waals surface area contributed by atoms with Crippen molar-refractivity contribution in [1.82, 2.24) is 9.21 Å². The van der Waals surface area contributed by atoms with Gasteiger partial charge in [0.15, 0.2) is 0 Å². The zero-order valence-electron chi connectivity index (χ0n) is 13.9. The molecule has 0 N–H and O–H groups in total. The molecule has 6 nitrogen and oxygen atoms in total. The minimum atomic E-state index is -3.78. The van der Waals surface area contributed by atoms with Crippen LogP contribution in [0.1, 0.15) is 25.3 Å². The van der Waals surface area contributed by atoms with Crippen LogP contribution in [0.3, 0.4) is 0 Å². The van der Waals surface area contributed by atoms with Gasteiger partial charge in [-0.05, 0) is 37.5 Å². The number of carbonyl (C=O) groups is 1. The monoisotopic (exact) mass is 340 g/mol. The van der Waals surface area contributed by atoms with Crippen molar-refractivity contribution in [3.8, 4) is 5.75 Å². The standard InChI is InChI=1S/C16H24N2O4S/c1-4-18(12-16(19)17-9-5-6-10-17)23(20,21)15-11-13(2)7-8-14(15)22-3/h7-8,11H,4-6,9-10,12H2,1-3H3. The summed E-state index contributed by atoms with van der Waals surface area (Å²) in [6.45, 7) is 5.09. The van der Waals surface area contributed by atoms with Gasteiger partial charge in [-0.3, -0.25) is 4.79 Å². The molecule has 0 spiro atoms. The van der Waals surface area contributed by atoms with Crippen molar-refractivity contribution < 1.29 is 17.9 Å². The van der Waals surface area contributed by atoms with Crippen molar-refractivity contribution in [2.75, 3.05) is 33.3 Å². The Morgan fingerprint density at radius 3 is 2.52 bits per heavy atom. The highest BCUT2D eigenvalue weighted by Gasteiger charge is 2.30. The molecule has 1 fully saturated rings. The zero-order valence-corrected chi connectivity index (χ0v) is 14.7. The number of benzene rings is 1. The van der Waals surface area contributed by atoms with Crippen molar-refractivity contribution in [2.24, 2.45) is 0 Å². The third kappa shape index (κ3) is 3.84. The van der Waals surface area contributed by atoms with E-state index >= 15 is 0 Å². The zero-order chi connectivity index (χ0) is 17.0. The summed E-state index contributed by atoms with van der Waals surface area (Å²) in [7, 11) is -2.34. The van der Waals surface area contributed by atoms with Gasteiger partial charge in [0.05, 0.1) is 13.7 Å². The Morgan fingerprint density at radius 1 is 1.30 bits per heavy atom. The summed E-state index contributed by atoms with van der Waals surface area (Å²) in [4.78, 5) is 14.1. The van der Waals surface area contributed by atoms with Crippen LogP contribution in [0.2, 0.25) is 0 Å². The molecule has 1 aromatic rings. The maximum Gasteiger partial charge on any atom is 0.247 e. The molecule has 0 saturated carbocycles. The van der Waals surface area contributed by atoms with Crippen LogP contribution in [-0.4, -0.2) is 56.8 Å². The van der Waals surface area contributed by atoms with Crippen LogP contribution >= 0.6 is 0 Å². The van der Waals surface area contributed by atoms with Crippen LogP contribution in [0.15, 0.2) is 23.1 Å². The van der Waals surface area contributed by atoms with Crippen LogP contribution in [0.25, 0.3) is 0 Å². The first kappa shape index (κ1) is 17.7. The number of nitrogens with zero attached hydrogens (tertiary/aromatic N) is 2. The fourth-order valence-corrected chi connectivity index (χ4v) is 4.35. The number of aryl methyl sites for hydroxylation is 1. The summed E-state index contributed by atoms with van der Waals surface area (Å²) >= 11 is 0. The number of amides is 1. The molecule has 7 heteroatoms. The lowest BCUT2D eigenvalue weighted by molar-refractivity contribution is -0.130. The van der Waals surface area contributed by atoms with Gasteiger partial charge >= 0.3 is 0 Å². The number of likely N-dealkylation sites (N-methyl/N-ethyl adjacent to an activating group) is 1. The molecule has 1 saturated heterocycles. The van der Waals surface area contributed by atoms with E-state index < -0.39 is 10.0 Å². The Labute approximate surface area is 138 Å². The molecule has 1 aliphatic rings. The average molecular weight is 340 g/mol. The summed E-state index contributed by atoms with van der Waals surface area (Å²) in [6.07, 6.45) is 1.96. The van der Waals surface area contributed by atoms with Crippen LogP contribution in [-0.2, 0) is 14.8 Å². The van der Waals surface area contributed by atoms with Crippen LogP contribution in [0, 0.1) is 6.92 Å². The lowest BCUT2D eigenvalue weighted by atomic mass is 10.2. The fraction of sp³-hybridized carbons (Fsp3) is 0.562. The number of hydrogen-bond donors (Lipinski definition) is 0. The normalized spacial score (nSPS) is 15.2. The number of rotatable bonds is 6. The van der Waals surface area contributed by atoms with Crippen molar-refractivity contribution in [2.45, 2.75) is 31.6 Å². The van der Waals surface area contributed by atoms with Gasteiger partial charge in [-0.2, -0.15) is 4.31 Å². The SMILES string of the molecule is CCN(CC(=O)N1CCCC1)S(=O)(=O)c1cc(C)ccc1OC. The van der Waals surface area contributed by atoms with E-state index in [-0.39, 0.29) is 23.9 Å². The van der Waals surface area contributed by atoms with Crippen LogP contribution in [0.5, 0.6) is 5.75 Å². The molecule has 0 radical (unpaired) electrons. The molecule has 23 heavy (non-hydrogen) atoms. The van der Waals surface area contributed by atoms with Gasteiger partial charge in [0, 0.05) is 19.6 Å². The Bertz CT molecular complexity index is 667. The fourth-order valence-electron chi connectivity index (χ4n) is 2.71. The average Bonchev–Trinajstić information content (AvgIpc) is 3.06. The van der Waals surface area contributed by atoms with Gasteiger partial charge in [0.25, 0.3) is 0 Å². The van der Waals surface area contributed by atoms with Crippen molar-refractivity contribution in [3.63, 3.8) is 0 Å². The Kier molecular flexibility index (Phi) is 5.64. The third-order valence-corrected chi connectivity index (χ3v) is 6.00. The van der Waals surface area contributed by atoms with E-state index in [2.05, 4.69) is 0 Å². The highest BCUT2D eigenvalue weighted by molar-refractivity contribution is 7.89. The topological polar surface area (TPSA) is 66.9 Å². The third-order valence-electron chi connectivity index (χ3n) is 4.06. The van der Waals surface area contributed by atoms with Crippen LogP contribution < -0.4 is 4.74 Å². The van der Waals surface area contributed by atoms with E-state index in [9.17, 15) is 13.2 Å². The maximum absolute atomic E-state index is 12.9. The summed E-state index contributed by atoms with van der Waals surface area (Å²) < 4.78 is 32.2. The van der Waals surface area contributed by atoms with Gasteiger partial charge in [0.2, 0.25) is 15.9 Å². The molecule has 0 aliphatic carbocycles. The minimum absolute atomic E-state index is 0.107. The second-order valence-electron chi connectivity index (χ2n) is 5.67. The first-order valence-corrected chi connectivity index (χ1v) is 9.26. The predicted molar refractivity (Wildman–Crippen MR) is 88.0 cm³/mol. The highest BCUT2D eigenvalue weighted by atomic mass is 32.2. The van der Waals surface area contributed by atoms with E-state index in [1.165, 1.54) is 11.4 Å². The number of carbonyl (C=O) groups excluding carboxylic acids is 1. The Morgan fingerprint density at radius 2 is 1.96 bits per heavy atom. The molecule has 0 aromatic heterocycles. The van der Waals surface area contributed by atoms with Gasteiger partial charge in [-0.15, -0.1) is 0 Å². The van der Waals surface area contributed by atoms with Crippen molar-refractivity contribution >= 4 is 15.9 Å². The molecule has 1 heterocycles. The highest BCUT2D eigenvalue weighted by Crippen LogP contribution is 2.27. The molecule has 1 aliphatic heterocycles. The molecule has 128 valence electrons. The van der Waals surface area contributed by atoms with Crippen molar-refractivity contribution in [3.05, 3.63) is 23.8 Å². The lowest BCUT2D eigenvalue weighted by Crippen LogP contribution is -2.41. The summed E-state index contributed by atoms with van der Waals surface area (Å²) in [5.74, 6) is 0.155. The molecule has 2 rings (SSSR count). The number of hydrogen-bond acceptors (Lipinski definition) is 4. The van der Waals surface area contributed by atoms with Gasteiger partial charge < -0.3 is 9.64 Å². The summed E-state index contributed by atoms with van der Waals surface area (Å²) in [5.41, 5.74) is 0.825. The molecule has 0 atom stereocenters. The summed E-state index contributed by atoms with van der Waals surface area (Å²) in [5, 5.41) is 0. The molecule has 1 aromatic carbocycles. The molecule has 1 amide bonds.